The Bertz CT molecular complexity index is 631. The molecule has 4 rings (SSSR count). The average molecular weight is 459 g/mol. The van der Waals surface area contributed by atoms with E-state index in [0.717, 1.165) is 47.1 Å². The highest BCUT2D eigenvalue weighted by atomic mass is 35.5. The first-order valence-electron chi connectivity index (χ1n) is 14.0. The average Bonchev–Trinajstić information content (AvgIpc) is 2.85. The summed E-state index contributed by atoms with van der Waals surface area (Å²) in [6.45, 7) is 0.951. The summed E-state index contributed by atoms with van der Waals surface area (Å²) in [6.07, 6.45) is 23.5. The summed E-state index contributed by atoms with van der Waals surface area (Å²) in [5.74, 6) is 5.88. The molecule has 32 heavy (non-hydrogen) atoms. The maximum atomic E-state index is 6.08. The maximum absolute atomic E-state index is 6.08. The Labute approximate surface area is 203 Å². The van der Waals surface area contributed by atoms with E-state index in [1.807, 2.05) is 7.11 Å². The van der Waals surface area contributed by atoms with Gasteiger partial charge in [-0.15, -0.1) is 0 Å². The van der Waals surface area contributed by atoms with Gasteiger partial charge in [0.2, 0.25) is 0 Å². The molecule has 2 heteroatoms. The second-order valence-corrected chi connectivity index (χ2v) is 12.0. The largest absolute Gasteiger partial charge is 0.385 e. The minimum Gasteiger partial charge on any atom is -0.385 e. The van der Waals surface area contributed by atoms with Gasteiger partial charge in [-0.05, 0) is 105 Å². The standard InChI is InChI=1S/C30H47ClO/c1-32-22-2-3-23-4-6-24(7-5-23)8-9-25-10-12-26(13-11-25)27-14-16-28(17-15-27)29-18-20-30(31)21-19-29/h18-21,23-28H,2-17,22H2,1H3. The van der Waals surface area contributed by atoms with Crippen molar-refractivity contribution in [2.75, 3.05) is 13.7 Å². The van der Waals surface area contributed by atoms with Crippen molar-refractivity contribution in [3.63, 3.8) is 0 Å². The molecule has 0 aliphatic heterocycles. The molecule has 0 spiro atoms. The molecule has 3 saturated carbocycles. The van der Waals surface area contributed by atoms with Gasteiger partial charge in [-0.1, -0.05) is 75.1 Å². The molecule has 3 fully saturated rings. The van der Waals surface area contributed by atoms with Gasteiger partial charge in [-0.2, -0.15) is 0 Å². The number of methoxy groups -OCH3 is 1. The van der Waals surface area contributed by atoms with Crippen LogP contribution in [0.15, 0.2) is 24.3 Å². The molecule has 3 aliphatic rings. The maximum Gasteiger partial charge on any atom is 0.0462 e. The van der Waals surface area contributed by atoms with E-state index in [1.165, 1.54) is 108 Å². The lowest BCUT2D eigenvalue weighted by Crippen LogP contribution is -2.25. The van der Waals surface area contributed by atoms with E-state index in [0.29, 0.717) is 0 Å². The van der Waals surface area contributed by atoms with Gasteiger partial charge in [0, 0.05) is 18.7 Å². The van der Waals surface area contributed by atoms with Crippen molar-refractivity contribution < 1.29 is 4.74 Å². The highest BCUT2D eigenvalue weighted by Crippen LogP contribution is 2.45. The third-order valence-electron chi connectivity index (χ3n) is 9.58. The molecule has 0 heterocycles. The smallest absolute Gasteiger partial charge is 0.0462 e. The van der Waals surface area contributed by atoms with Gasteiger partial charge in [0.15, 0.2) is 0 Å². The zero-order valence-electron chi connectivity index (χ0n) is 20.6. The summed E-state index contributed by atoms with van der Waals surface area (Å²) in [6, 6.07) is 8.65. The highest BCUT2D eigenvalue weighted by molar-refractivity contribution is 6.30. The van der Waals surface area contributed by atoms with Crippen LogP contribution in [0.4, 0.5) is 0 Å². The Morgan fingerprint density at radius 3 is 1.66 bits per heavy atom. The predicted molar refractivity (Wildman–Crippen MR) is 137 cm³/mol. The van der Waals surface area contributed by atoms with Gasteiger partial charge < -0.3 is 4.74 Å². The molecule has 0 N–H and O–H groups in total. The van der Waals surface area contributed by atoms with E-state index in [2.05, 4.69) is 24.3 Å². The molecule has 180 valence electrons. The van der Waals surface area contributed by atoms with E-state index in [1.54, 1.807) is 0 Å². The lowest BCUT2D eigenvalue weighted by molar-refractivity contribution is 0.148. The minimum absolute atomic E-state index is 0.773. The molecule has 0 atom stereocenters. The van der Waals surface area contributed by atoms with Crippen LogP contribution in [-0.2, 0) is 4.74 Å². The van der Waals surface area contributed by atoms with Crippen molar-refractivity contribution >= 4 is 11.6 Å². The van der Waals surface area contributed by atoms with Crippen LogP contribution in [-0.4, -0.2) is 13.7 Å². The fourth-order valence-corrected chi connectivity index (χ4v) is 7.53. The number of hydrogen-bond acceptors (Lipinski definition) is 1. The van der Waals surface area contributed by atoms with E-state index in [4.69, 9.17) is 16.3 Å². The third kappa shape index (κ3) is 7.23. The molecule has 0 amide bonds. The summed E-state index contributed by atoms with van der Waals surface area (Å²) >= 11 is 6.08. The molecular weight excluding hydrogens is 412 g/mol. The van der Waals surface area contributed by atoms with E-state index < -0.39 is 0 Å². The summed E-state index contributed by atoms with van der Waals surface area (Å²) in [5, 5.41) is 0.866. The summed E-state index contributed by atoms with van der Waals surface area (Å²) in [7, 11) is 1.83. The van der Waals surface area contributed by atoms with Crippen LogP contribution in [0.1, 0.15) is 114 Å². The molecule has 1 aromatic rings. The second kappa shape index (κ2) is 12.8. The van der Waals surface area contributed by atoms with E-state index in [-0.39, 0.29) is 0 Å². The number of benzene rings is 1. The molecule has 0 radical (unpaired) electrons. The van der Waals surface area contributed by atoms with E-state index >= 15 is 0 Å². The summed E-state index contributed by atoms with van der Waals surface area (Å²) < 4.78 is 5.23. The third-order valence-corrected chi connectivity index (χ3v) is 9.83. The quantitative estimate of drug-likeness (QED) is 0.334. The first-order chi connectivity index (χ1) is 15.7. The van der Waals surface area contributed by atoms with Crippen molar-refractivity contribution in [3.05, 3.63) is 34.9 Å². The molecule has 1 nitrogen and oxygen atoms in total. The second-order valence-electron chi connectivity index (χ2n) is 11.5. The van der Waals surface area contributed by atoms with Crippen LogP contribution in [0.3, 0.4) is 0 Å². The number of halogens is 1. The van der Waals surface area contributed by atoms with Crippen molar-refractivity contribution in [3.8, 4) is 0 Å². The molecule has 0 aromatic heterocycles. The SMILES string of the molecule is COCCCC1CCC(CCC2CCC(C3CCC(c4ccc(Cl)cc4)CC3)CC2)CC1. The van der Waals surface area contributed by atoms with Gasteiger partial charge in [0.05, 0.1) is 0 Å². The molecule has 0 bridgehead atoms. The number of hydrogen-bond donors (Lipinski definition) is 0. The predicted octanol–water partition coefficient (Wildman–Crippen LogP) is 9.43. The fourth-order valence-electron chi connectivity index (χ4n) is 7.40. The van der Waals surface area contributed by atoms with Gasteiger partial charge in [-0.3, -0.25) is 0 Å². The fraction of sp³-hybridized carbons (Fsp3) is 0.800. The summed E-state index contributed by atoms with van der Waals surface area (Å²) in [5.41, 5.74) is 1.51. The molecule has 0 unspecified atom stereocenters. The number of ether oxygens (including phenoxy) is 1. The molecule has 0 saturated heterocycles. The molecular formula is C30H47ClO. The summed E-state index contributed by atoms with van der Waals surface area (Å²) in [4.78, 5) is 0. The van der Waals surface area contributed by atoms with Crippen LogP contribution in [0.5, 0.6) is 0 Å². The van der Waals surface area contributed by atoms with Gasteiger partial charge in [0.1, 0.15) is 0 Å². The normalized spacial score (nSPS) is 33.8. The Morgan fingerprint density at radius 2 is 1.12 bits per heavy atom. The zero-order chi connectivity index (χ0) is 22.2. The molecule has 1 aromatic carbocycles. The van der Waals surface area contributed by atoms with Crippen LogP contribution in [0.2, 0.25) is 5.02 Å². The van der Waals surface area contributed by atoms with Crippen molar-refractivity contribution in [2.45, 2.75) is 109 Å². The number of rotatable bonds is 9. The highest BCUT2D eigenvalue weighted by Gasteiger charge is 2.31. The Morgan fingerprint density at radius 1 is 0.656 bits per heavy atom. The van der Waals surface area contributed by atoms with Gasteiger partial charge in [0.25, 0.3) is 0 Å². The molecule has 3 aliphatic carbocycles. The van der Waals surface area contributed by atoms with Crippen LogP contribution in [0.25, 0.3) is 0 Å². The monoisotopic (exact) mass is 458 g/mol. The van der Waals surface area contributed by atoms with E-state index in [9.17, 15) is 0 Å². The Kier molecular flexibility index (Phi) is 9.84. The van der Waals surface area contributed by atoms with Crippen LogP contribution in [0, 0.1) is 29.6 Å². The minimum atomic E-state index is 0.773. The lowest BCUT2D eigenvalue weighted by Gasteiger charge is -2.38. The topological polar surface area (TPSA) is 9.23 Å². The van der Waals surface area contributed by atoms with Gasteiger partial charge in [-0.25, -0.2) is 0 Å². The van der Waals surface area contributed by atoms with Crippen molar-refractivity contribution in [1.82, 2.24) is 0 Å². The Hall–Kier alpha value is -0.530. The zero-order valence-corrected chi connectivity index (χ0v) is 21.3. The van der Waals surface area contributed by atoms with Crippen LogP contribution < -0.4 is 0 Å². The van der Waals surface area contributed by atoms with Crippen LogP contribution >= 0.6 is 11.6 Å². The lowest BCUT2D eigenvalue weighted by atomic mass is 9.67. The first-order valence-corrected chi connectivity index (χ1v) is 14.3. The Balaban J connectivity index is 1.09. The van der Waals surface area contributed by atoms with Gasteiger partial charge >= 0.3 is 0 Å². The van der Waals surface area contributed by atoms with Crippen molar-refractivity contribution in [1.29, 1.82) is 0 Å². The van der Waals surface area contributed by atoms with Crippen molar-refractivity contribution in [2.24, 2.45) is 29.6 Å². The first kappa shape index (κ1) is 24.6.